The Balaban J connectivity index is 1.52. The van der Waals surface area contributed by atoms with Gasteiger partial charge in [0.15, 0.2) is 0 Å². The number of amidine groups is 1. The zero-order valence-electron chi connectivity index (χ0n) is 27.8. The fourth-order valence-electron chi connectivity index (χ4n) is 6.25. The Morgan fingerprint density at radius 3 is 1.39 bits per heavy atom. The van der Waals surface area contributed by atoms with E-state index in [9.17, 15) is 0 Å². The normalized spacial score (nSPS) is 12.6. The summed E-state index contributed by atoms with van der Waals surface area (Å²) in [5.74, 6) is 0.447. The number of para-hydroxylation sites is 1. The third-order valence-electron chi connectivity index (χ3n) is 8.66. The fraction of sp³-hybridized carbons (Fsp3) is 0. The van der Waals surface area contributed by atoms with E-state index < -0.39 is 0 Å². The Hall–Kier alpha value is -5.56. The molecule has 0 saturated heterocycles. The quantitative estimate of drug-likeness (QED) is 0.0486. The predicted molar refractivity (Wildman–Crippen MR) is 213 cm³/mol. The number of hydrogen-bond donors (Lipinski definition) is 1. The van der Waals surface area contributed by atoms with Crippen molar-refractivity contribution in [2.45, 2.75) is 0 Å². The van der Waals surface area contributed by atoms with Crippen LogP contribution in [-0.2, 0) is 17.0 Å². The Bertz CT molecular complexity index is 2300. The molecule has 0 radical (unpaired) electrons. The van der Waals surface area contributed by atoms with E-state index in [-0.39, 0.29) is 17.0 Å². The molecule has 0 amide bonds. The predicted octanol–water partition coefficient (Wildman–Crippen LogP) is 12.2. The van der Waals surface area contributed by atoms with Crippen LogP contribution in [0.25, 0.3) is 31.9 Å². The monoisotopic (exact) mass is 768 g/mol. The van der Waals surface area contributed by atoms with Crippen LogP contribution in [0.4, 0.5) is 5.69 Å². The Kier molecular flexibility index (Phi) is 10.9. The maximum absolute atomic E-state index is 7.02. The molecule has 7 aromatic rings. The van der Waals surface area contributed by atoms with Crippen LogP contribution < -0.4 is 5.73 Å². The molecule has 0 aliphatic carbocycles. The van der Waals surface area contributed by atoms with Gasteiger partial charge in [0.2, 0.25) is 0 Å². The molecule has 0 aliphatic rings. The van der Waals surface area contributed by atoms with Crippen molar-refractivity contribution in [3.05, 3.63) is 234 Å². The third kappa shape index (κ3) is 7.78. The van der Waals surface area contributed by atoms with Gasteiger partial charge in [-0.05, 0) is 5.56 Å². The molecule has 0 saturated carbocycles. The molecular formula is C47H35ClN2Pd. The molecule has 0 spiro atoms. The van der Waals surface area contributed by atoms with Gasteiger partial charge in [0.05, 0.1) is 0 Å². The summed E-state index contributed by atoms with van der Waals surface area (Å²) in [7, 11) is 7.02. The van der Waals surface area contributed by atoms with E-state index in [2.05, 4.69) is 152 Å². The number of benzene rings is 7. The number of rotatable bonds is 10. The Morgan fingerprint density at radius 2 is 0.843 bits per heavy atom. The Labute approximate surface area is 312 Å². The van der Waals surface area contributed by atoms with E-state index in [1.807, 2.05) is 48.5 Å². The zero-order chi connectivity index (χ0) is 34.8. The second-order valence-electron chi connectivity index (χ2n) is 11.9. The standard InChI is InChI=1S/C47H35N2.ClH.Pd/c48-47(41-32-30-37(31-33-41)36-20-8-2-9-21-36)49-44-29-17-16-28-42(44)45(39-24-12-4-13-25-39)46(40-26-14-5-15-27-40)43(38-22-10-3-11-23-38)34-35-18-6-1-7-19-35;;/h1-33H,(H2,48,49);1H;/q;;+1/p-1/b43-34?,46-45+;;. The van der Waals surface area contributed by atoms with Crippen LogP contribution in [0.2, 0.25) is 0 Å². The summed E-state index contributed by atoms with van der Waals surface area (Å²) in [6, 6.07) is 69.1. The zero-order valence-corrected chi connectivity index (χ0v) is 30.1. The first-order valence-electron chi connectivity index (χ1n) is 16.7. The third-order valence-corrected chi connectivity index (χ3v) is 10.5. The average molecular weight is 770 g/mol. The van der Waals surface area contributed by atoms with Crippen LogP contribution in [0.15, 0.2) is 205 Å². The summed E-state index contributed by atoms with van der Waals surface area (Å²) >= 11 is -0.235. The first kappa shape index (κ1) is 33.9. The minimum absolute atomic E-state index is 0.235. The van der Waals surface area contributed by atoms with Gasteiger partial charge in [-0.25, -0.2) is 0 Å². The van der Waals surface area contributed by atoms with Crippen molar-refractivity contribution < 1.29 is 17.0 Å². The topological polar surface area (TPSA) is 38.4 Å². The van der Waals surface area contributed by atoms with Crippen LogP contribution in [0.5, 0.6) is 0 Å². The van der Waals surface area contributed by atoms with Crippen molar-refractivity contribution in [2.75, 3.05) is 0 Å². The summed E-state index contributed by atoms with van der Waals surface area (Å²) in [4.78, 5) is 5.13. The molecule has 51 heavy (non-hydrogen) atoms. The fourth-order valence-corrected chi connectivity index (χ4v) is 8.01. The molecule has 7 rings (SSSR count). The van der Waals surface area contributed by atoms with Gasteiger partial charge in [-0.15, -0.1) is 0 Å². The molecule has 0 bridgehead atoms. The molecule has 4 heteroatoms. The van der Waals surface area contributed by atoms with E-state index in [1.165, 1.54) is 0 Å². The van der Waals surface area contributed by atoms with E-state index in [1.54, 1.807) is 0 Å². The van der Waals surface area contributed by atoms with Gasteiger partial charge >= 0.3 is 278 Å². The van der Waals surface area contributed by atoms with Gasteiger partial charge in [0.1, 0.15) is 0 Å². The van der Waals surface area contributed by atoms with Crippen LogP contribution >= 0.6 is 9.53 Å². The first-order valence-corrected chi connectivity index (χ1v) is 19.5. The number of hydrogen-bond acceptors (Lipinski definition) is 1. The van der Waals surface area contributed by atoms with E-state index in [0.29, 0.717) is 5.84 Å². The van der Waals surface area contributed by atoms with Crippen LogP contribution in [-0.4, -0.2) is 5.84 Å². The molecule has 0 fully saturated rings. The average Bonchev–Trinajstić information content (AvgIpc) is 3.21. The van der Waals surface area contributed by atoms with E-state index in [4.69, 9.17) is 20.3 Å². The first-order chi connectivity index (χ1) is 25.2. The molecule has 0 heterocycles. The van der Waals surface area contributed by atoms with Gasteiger partial charge in [-0.2, -0.15) is 0 Å². The minimum atomic E-state index is -0.235. The van der Waals surface area contributed by atoms with Crippen molar-refractivity contribution in [1.29, 1.82) is 0 Å². The summed E-state index contributed by atoms with van der Waals surface area (Å²) in [6.45, 7) is 0. The van der Waals surface area contributed by atoms with Crippen molar-refractivity contribution in [1.82, 2.24) is 0 Å². The molecule has 0 aliphatic heterocycles. The second kappa shape index (κ2) is 16.4. The molecule has 2 nitrogen and oxygen atoms in total. The number of halogens is 1. The summed E-state index contributed by atoms with van der Waals surface area (Å²) in [6.07, 6.45) is 0. The van der Waals surface area contributed by atoms with Crippen molar-refractivity contribution >= 4 is 41.8 Å². The molecule has 2 N–H and O–H groups in total. The number of allylic oxidation sites excluding steroid dienone is 2. The Morgan fingerprint density at radius 1 is 0.412 bits per heavy atom. The SMILES string of the molecule is N/C(=N\c1ccccc1/C(=C(/C(=[C](\[Pd][Cl])c1ccccc1)c1ccccc1)c1ccccc1)c1ccccc1)c1ccc(-c2ccccc2)cc1. The number of nitrogens with two attached hydrogens (primary N) is 1. The molecule has 0 unspecified atom stereocenters. The molecule has 250 valence electrons. The van der Waals surface area contributed by atoms with Crippen LogP contribution in [0, 0.1) is 0 Å². The van der Waals surface area contributed by atoms with Gasteiger partial charge in [0, 0.05) is 0 Å². The molecule has 7 aromatic carbocycles. The second-order valence-corrected chi connectivity index (χ2v) is 13.7. The summed E-state index contributed by atoms with van der Waals surface area (Å²) in [5.41, 5.74) is 19.2. The van der Waals surface area contributed by atoms with Crippen LogP contribution in [0.3, 0.4) is 0 Å². The van der Waals surface area contributed by atoms with Crippen molar-refractivity contribution in [3.63, 3.8) is 0 Å². The maximum atomic E-state index is 7.02. The van der Waals surface area contributed by atoms with Crippen molar-refractivity contribution in [3.8, 4) is 11.1 Å². The molecule has 0 atom stereocenters. The number of aliphatic imine (C=N–C) groups is 1. The van der Waals surface area contributed by atoms with E-state index >= 15 is 0 Å². The van der Waals surface area contributed by atoms with Gasteiger partial charge < -0.3 is 0 Å². The summed E-state index contributed by atoms with van der Waals surface area (Å²) < 4.78 is 1.09. The van der Waals surface area contributed by atoms with Crippen LogP contribution in [0.1, 0.15) is 33.4 Å². The van der Waals surface area contributed by atoms with Crippen molar-refractivity contribution in [2.24, 2.45) is 10.7 Å². The molecule has 0 aromatic heterocycles. The van der Waals surface area contributed by atoms with Gasteiger partial charge in [-0.3, -0.25) is 0 Å². The van der Waals surface area contributed by atoms with Gasteiger partial charge in [0.25, 0.3) is 0 Å². The van der Waals surface area contributed by atoms with E-state index in [0.717, 1.165) is 71.0 Å². The van der Waals surface area contributed by atoms with Gasteiger partial charge in [-0.1, -0.05) is 30.3 Å². The molecular weight excluding hydrogens is 734 g/mol. The number of nitrogens with zero attached hydrogens (tertiary/aromatic N) is 1. The summed E-state index contributed by atoms with van der Waals surface area (Å²) in [5, 5.41) is 0.